The first-order valence-electron chi connectivity index (χ1n) is 11.5. The maximum Gasteiger partial charge on any atom is 0.417 e. The first kappa shape index (κ1) is 26.9. The third-order valence-electron chi connectivity index (χ3n) is 5.52. The van der Waals surface area contributed by atoms with Crippen molar-refractivity contribution in [2.45, 2.75) is 39.3 Å². The number of carbonyl (C=O) groups excluding carboxylic acids is 1. The Kier molecular flexibility index (Phi) is 7.32. The van der Waals surface area contributed by atoms with Crippen LogP contribution in [0.1, 0.15) is 37.6 Å². The van der Waals surface area contributed by atoms with E-state index in [-0.39, 0.29) is 11.1 Å². The zero-order valence-corrected chi connectivity index (χ0v) is 21.7. The van der Waals surface area contributed by atoms with Gasteiger partial charge in [0.1, 0.15) is 11.6 Å². The number of H-pyrrole nitrogens is 1. The highest BCUT2D eigenvalue weighted by Crippen LogP contribution is 2.36. The van der Waals surface area contributed by atoms with Gasteiger partial charge in [-0.25, -0.2) is 14.8 Å². The molecule has 2 amide bonds. The molecule has 4 aromatic rings. The van der Waals surface area contributed by atoms with Gasteiger partial charge in [0, 0.05) is 34.6 Å². The molecular weight excluding hydrogens is 519 g/mol. The van der Waals surface area contributed by atoms with Gasteiger partial charge in [-0.2, -0.15) is 18.3 Å². The van der Waals surface area contributed by atoms with Gasteiger partial charge in [-0.3, -0.25) is 5.10 Å². The zero-order chi connectivity index (χ0) is 27.7. The van der Waals surface area contributed by atoms with Crippen LogP contribution in [0.15, 0.2) is 54.7 Å². The van der Waals surface area contributed by atoms with E-state index in [0.29, 0.717) is 23.1 Å². The van der Waals surface area contributed by atoms with Crippen LogP contribution in [-0.4, -0.2) is 26.2 Å². The molecule has 8 nitrogen and oxygen atoms in total. The number of hydrogen-bond acceptors (Lipinski definition) is 5. The van der Waals surface area contributed by atoms with E-state index < -0.39 is 22.8 Å². The second-order valence-corrected chi connectivity index (χ2v) is 10.0. The number of benzene rings is 2. The molecule has 4 rings (SSSR count). The third kappa shape index (κ3) is 6.41. The number of nitrogens with one attached hydrogen (secondary N) is 4. The van der Waals surface area contributed by atoms with Gasteiger partial charge in [0.05, 0.1) is 16.3 Å². The average molecular weight is 544 g/mol. The lowest BCUT2D eigenvalue weighted by Gasteiger charge is -2.13. The summed E-state index contributed by atoms with van der Waals surface area (Å²) in [6.07, 6.45) is -3.01. The van der Waals surface area contributed by atoms with Crippen LogP contribution >= 0.6 is 11.6 Å². The SMILES string of the molecule is Cc1cc(NC(=O)Nc2ccc(Cl)c(C(F)(F)F)c2)ccc1-c1nccc(Nc2cc(C(C)(C)C)n[nH]2)n1. The minimum absolute atomic E-state index is 0.0443. The topological polar surface area (TPSA) is 108 Å². The summed E-state index contributed by atoms with van der Waals surface area (Å²) in [6, 6.07) is 11.2. The van der Waals surface area contributed by atoms with Gasteiger partial charge in [-0.15, -0.1) is 0 Å². The predicted octanol–water partition coefficient (Wildman–Crippen LogP) is 7.53. The van der Waals surface area contributed by atoms with Crippen LogP contribution in [0.3, 0.4) is 0 Å². The molecule has 0 unspecified atom stereocenters. The number of carbonyl (C=O) groups is 1. The Morgan fingerprint density at radius 2 is 1.66 bits per heavy atom. The average Bonchev–Trinajstić information content (AvgIpc) is 3.29. The number of hydrogen-bond donors (Lipinski definition) is 4. The summed E-state index contributed by atoms with van der Waals surface area (Å²) in [5, 5.41) is 15.0. The molecule has 4 N–H and O–H groups in total. The fraction of sp³-hybridized carbons (Fsp3) is 0.231. The Hall–Kier alpha value is -4.12. The molecule has 2 heterocycles. The standard InChI is InChI=1S/C26H25ClF3N7O/c1-14-11-15(32-24(38)33-16-6-8-19(27)18(12-16)26(28,29)30)5-7-17(14)23-31-10-9-21(35-23)34-22-13-20(36-37-22)25(2,3)4/h5-13H,1-4H3,(H2,32,33,38)(H2,31,34,35,36,37). The van der Waals surface area contributed by atoms with Gasteiger partial charge < -0.3 is 16.0 Å². The van der Waals surface area contributed by atoms with Crippen LogP contribution in [0, 0.1) is 6.92 Å². The van der Waals surface area contributed by atoms with Gasteiger partial charge in [0.2, 0.25) is 0 Å². The van der Waals surface area contributed by atoms with E-state index in [9.17, 15) is 18.0 Å². The Bertz CT molecular complexity index is 1480. The Balaban J connectivity index is 1.45. The number of aromatic nitrogens is 4. The molecule has 2 aromatic heterocycles. The van der Waals surface area contributed by atoms with Crippen molar-refractivity contribution >= 4 is 40.6 Å². The lowest BCUT2D eigenvalue weighted by atomic mass is 9.92. The van der Waals surface area contributed by atoms with Gasteiger partial charge in [0.15, 0.2) is 5.82 Å². The van der Waals surface area contributed by atoms with Gasteiger partial charge in [-0.1, -0.05) is 32.4 Å². The van der Waals surface area contributed by atoms with Crippen molar-refractivity contribution in [2.75, 3.05) is 16.0 Å². The first-order valence-corrected chi connectivity index (χ1v) is 11.9. The summed E-state index contributed by atoms with van der Waals surface area (Å²) in [7, 11) is 0. The quantitative estimate of drug-likeness (QED) is 0.208. The van der Waals surface area contributed by atoms with E-state index in [0.717, 1.165) is 29.0 Å². The first-order chi connectivity index (χ1) is 17.8. The number of halogens is 4. The number of rotatable bonds is 5. The van der Waals surface area contributed by atoms with Crippen molar-refractivity contribution in [2.24, 2.45) is 0 Å². The van der Waals surface area contributed by atoms with Crippen molar-refractivity contribution in [1.29, 1.82) is 0 Å². The summed E-state index contributed by atoms with van der Waals surface area (Å²) in [4.78, 5) is 21.3. The van der Waals surface area contributed by atoms with E-state index in [2.05, 4.69) is 56.9 Å². The van der Waals surface area contributed by atoms with Gasteiger partial charge in [0.25, 0.3) is 0 Å². The summed E-state index contributed by atoms with van der Waals surface area (Å²) in [5.41, 5.74) is 1.70. The normalized spacial score (nSPS) is 11.8. The van der Waals surface area contributed by atoms with Crippen LogP contribution in [0.4, 0.5) is 41.0 Å². The molecule has 0 aliphatic rings. The van der Waals surface area contributed by atoms with Crippen molar-refractivity contribution in [1.82, 2.24) is 20.2 Å². The highest BCUT2D eigenvalue weighted by Gasteiger charge is 2.33. The number of aryl methyl sites for hydroxylation is 1. The minimum Gasteiger partial charge on any atom is -0.325 e. The maximum atomic E-state index is 13.1. The third-order valence-corrected chi connectivity index (χ3v) is 5.85. The molecule has 12 heteroatoms. The number of alkyl halides is 3. The molecule has 0 aliphatic carbocycles. The Morgan fingerprint density at radius 3 is 2.29 bits per heavy atom. The summed E-state index contributed by atoms with van der Waals surface area (Å²) in [6.45, 7) is 8.05. The van der Waals surface area contributed by atoms with Crippen molar-refractivity contribution in [3.05, 3.63) is 76.6 Å². The van der Waals surface area contributed by atoms with E-state index in [1.807, 2.05) is 13.0 Å². The van der Waals surface area contributed by atoms with Gasteiger partial charge >= 0.3 is 12.2 Å². The van der Waals surface area contributed by atoms with Gasteiger partial charge in [-0.05, 0) is 55.0 Å². The van der Waals surface area contributed by atoms with E-state index >= 15 is 0 Å². The molecule has 2 aromatic carbocycles. The summed E-state index contributed by atoms with van der Waals surface area (Å²) in [5.74, 6) is 1.74. The molecular formula is C26H25ClF3N7O. The van der Waals surface area contributed by atoms with Crippen LogP contribution in [-0.2, 0) is 11.6 Å². The number of anilines is 4. The number of nitrogens with zero attached hydrogens (tertiary/aromatic N) is 3. The number of aromatic amines is 1. The monoisotopic (exact) mass is 543 g/mol. The Morgan fingerprint density at radius 1 is 0.974 bits per heavy atom. The molecule has 0 bridgehead atoms. The second kappa shape index (κ2) is 10.3. The molecule has 0 fully saturated rings. The van der Waals surface area contributed by atoms with Crippen molar-refractivity contribution < 1.29 is 18.0 Å². The fourth-order valence-corrected chi connectivity index (χ4v) is 3.80. The largest absolute Gasteiger partial charge is 0.417 e. The minimum atomic E-state index is -4.64. The van der Waals surface area contributed by atoms with Crippen LogP contribution in [0.25, 0.3) is 11.4 Å². The molecule has 0 spiro atoms. The molecule has 0 radical (unpaired) electrons. The molecule has 0 saturated heterocycles. The lowest BCUT2D eigenvalue weighted by Crippen LogP contribution is -2.20. The number of urea groups is 1. The van der Waals surface area contributed by atoms with Crippen molar-refractivity contribution in [3.8, 4) is 11.4 Å². The molecule has 38 heavy (non-hydrogen) atoms. The molecule has 0 aliphatic heterocycles. The summed E-state index contributed by atoms with van der Waals surface area (Å²) < 4.78 is 39.2. The zero-order valence-electron chi connectivity index (χ0n) is 21.0. The van der Waals surface area contributed by atoms with Crippen molar-refractivity contribution in [3.63, 3.8) is 0 Å². The molecule has 198 valence electrons. The smallest absolute Gasteiger partial charge is 0.325 e. The van der Waals surface area contributed by atoms with E-state index in [1.54, 1.807) is 30.5 Å². The molecule has 0 saturated carbocycles. The maximum absolute atomic E-state index is 13.1. The predicted molar refractivity (Wildman–Crippen MR) is 142 cm³/mol. The van der Waals surface area contributed by atoms with Crippen LogP contribution in [0.5, 0.6) is 0 Å². The highest BCUT2D eigenvalue weighted by atomic mass is 35.5. The lowest BCUT2D eigenvalue weighted by molar-refractivity contribution is -0.137. The van der Waals surface area contributed by atoms with Crippen LogP contribution < -0.4 is 16.0 Å². The summed E-state index contributed by atoms with van der Waals surface area (Å²) >= 11 is 5.63. The van der Waals surface area contributed by atoms with E-state index in [1.165, 1.54) is 6.07 Å². The second-order valence-electron chi connectivity index (χ2n) is 9.61. The molecule has 0 atom stereocenters. The van der Waals surface area contributed by atoms with E-state index in [4.69, 9.17) is 11.6 Å². The highest BCUT2D eigenvalue weighted by molar-refractivity contribution is 6.31. The number of amides is 2. The van der Waals surface area contributed by atoms with Crippen LogP contribution in [0.2, 0.25) is 5.02 Å². The Labute approximate surface area is 222 Å². The fourth-order valence-electron chi connectivity index (χ4n) is 3.57.